The number of ether oxygens (including phenoxy) is 1. The van der Waals surface area contributed by atoms with Crippen molar-refractivity contribution in [3.8, 4) is 0 Å². The molecule has 1 fully saturated rings. The highest BCUT2D eigenvalue weighted by Gasteiger charge is 2.38. The molecule has 1 aliphatic carbocycles. The van der Waals surface area contributed by atoms with Gasteiger partial charge in [0, 0.05) is 13.2 Å². The summed E-state index contributed by atoms with van der Waals surface area (Å²) in [5.41, 5.74) is 0.124. The zero-order valence-corrected chi connectivity index (χ0v) is 12.9. The number of likely N-dealkylation sites (N-methyl/N-ethyl adjacent to an activating group) is 1. The Labute approximate surface area is 125 Å². The molecule has 0 radical (unpaired) electrons. The average Bonchev–Trinajstić information content (AvgIpc) is 2.74. The molecule has 0 bridgehead atoms. The van der Waals surface area contributed by atoms with Gasteiger partial charge in [0.05, 0.1) is 5.60 Å². The number of nitrogens with one attached hydrogen (secondary N) is 1. The maximum Gasteiger partial charge on any atom is 0.126 e. The summed E-state index contributed by atoms with van der Waals surface area (Å²) >= 11 is 0. The summed E-state index contributed by atoms with van der Waals surface area (Å²) in [5.74, 6) is -0.745. The zero-order chi connectivity index (χ0) is 15.3. The molecule has 1 atom stereocenters. The molecule has 1 aromatic carbocycles. The van der Waals surface area contributed by atoms with Crippen molar-refractivity contribution in [2.45, 2.75) is 56.6 Å². The Kier molecular flexibility index (Phi) is 5.71. The van der Waals surface area contributed by atoms with Crippen molar-refractivity contribution < 1.29 is 13.5 Å². The van der Waals surface area contributed by atoms with Gasteiger partial charge in [-0.1, -0.05) is 25.7 Å². The van der Waals surface area contributed by atoms with Crippen LogP contribution in [0.1, 0.15) is 44.1 Å². The average molecular weight is 297 g/mol. The Balaban J connectivity index is 2.22. The predicted molar refractivity (Wildman–Crippen MR) is 80.4 cm³/mol. The van der Waals surface area contributed by atoms with Crippen LogP contribution >= 0.6 is 0 Å². The summed E-state index contributed by atoms with van der Waals surface area (Å²) in [4.78, 5) is 0. The largest absolute Gasteiger partial charge is 0.377 e. The van der Waals surface area contributed by atoms with Crippen LogP contribution in [0.3, 0.4) is 0 Å². The molecule has 1 aromatic rings. The monoisotopic (exact) mass is 297 g/mol. The summed E-state index contributed by atoms with van der Waals surface area (Å²) in [7, 11) is 3.60. The van der Waals surface area contributed by atoms with Gasteiger partial charge >= 0.3 is 0 Å². The fraction of sp³-hybridized carbons (Fsp3) is 0.647. The van der Waals surface area contributed by atoms with Crippen LogP contribution < -0.4 is 5.32 Å². The van der Waals surface area contributed by atoms with Crippen molar-refractivity contribution in [2.75, 3.05) is 14.2 Å². The normalized spacial score (nSPS) is 20.0. The van der Waals surface area contributed by atoms with Gasteiger partial charge in [0.25, 0.3) is 0 Å². The molecule has 0 spiro atoms. The number of benzene rings is 1. The van der Waals surface area contributed by atoms with Gasteiger partial charge in [0.1, 0.15) is 11.6 Å². The lowest BCUT2D eigenvalue weighted by Gasteiger charge is -2.39. The molecule has 2 nitrogen and oxygen atoms in total. The quantitative estimate of drug-likeness (QED) is 0.834. The van der Waals surface area contributed by atoms with Crippen LogP contribution in [0.15, 0.2) is 18.2 Å². The highest BCUT2D eigenvalue weighted by molar-refractivity contribution is 5.21. The molecule has 1 N–H and O–H groups in total. The van der Waals surface area contributed by atoms with Crippen molar-refractivity contribution >= 4 is 0 Å². The van der Waals surface area contributed by atoms with E-state index in [1.165, 1.54) is 25.0 Å². The minimum Gasteiger partial charge on any atom is -0.377 e. The molecular weight excluding hydrogens is 272 g/mol. The molecule has 21 heavy (non-hydrogen) atoms. The van der Waals surface area contributed by atoms with E-state index in [-0.39, 0.29) is 17.5 Å². The fourth-order valence-electron chi connectivity index (χ4n) is 3.49. The SMILES string of the molecule is CNC(Cc1cc(F)ccc1F)C1(OC)CCCCCC1. The molecule has 4 heteroatoms. The Hall–Kier alpha value is -1.00. The standard InChI is InChI=1S/C17H25F2NO/c1-20-16(12-13-11-14(18)7-8-15(13)19)17(21-2)9-5-3-4-6-10-17/h7-8,11,16,20H,3-6,9-10,12H2,1-2H3. The molecular formula is C17H25F2NO. The van der Waals surface area contributed by atoms with Gasteiger partial charge in [0.15, 0.2) is 0 Å². The van der Waals surface area contributed by atoms with Gasteiger partial charge < -0.3 is 10.1 Å². The topological polar surface area (TPSA) is 21.3 Å². The van der Waals surface area contributed by atoms with Gasteiger partial charge in [-0.05, 0) is 50.1 Å². The first kappa shape index (κ1) is 16.4. The fourth-order valence-corrected chi connectivity index (χ4v) is 3.49. The van der Waals surface area contributed by atoms with Crippen LogP contribution in [-0.4, -0.2) is 25.8 Å². The second-order valence-electron chi connectivity index (χ2n) is 5.96. The van der Waals surface area contributed by atoms with Crippen molar-refractivity contribution in [2.24, 2.45) is 0 Å². The maximum atomic E-state index is 13.9. The van der Waals surface area contributed by atoms with E-state index in [4.69, 9.17) is 4.74 Å². The van der Waals surface area contributed by atoms with Crippen molar-refractivity contribution in [3.05, 3.63) is 35.4 Å². The minimum atomic E-state index is -0.395. The highest BCUT2D eigenvalue weighted by atomic mass is 19.1. The maximum absolute atomic E-state index is 13.9. The molecule has 2 rings (SSSR count). The first-order valence-electron chi connectivity index (χ1n) is 7.77. The molecule has 0 amide bonds. The number of hydrogen-bond acceptors (Lipinski definition) is 2. The first-order chi connectivity index (χ1) is 10.1. The van der Waals surface area contributed by atoms with E-state index in [0.29, 0.717) is 12.0 Å². The molecule has 0 aliphatic heterocycles. The second kappa shape index (κ2) is 7.32. The number of halogens is 2. The lowest BCUT2D eigenvalue weighted by Crippen LogP contribution is -2.52. The first-order valence-corrected chi connectivity index (χ1v) is 7.77. The highest BCUT2D eigenvalue weighted by Crippen LogP contribution is 2.34. The summed E-state index contributed by atoms with van der Waals surface area (Å²) in [5, 5.41) is 3.27. The molecule has 0 heterocycles. The molecule has 0 aromatic heterocycles. The number of methoxy groups -OCH3 is 1. The molecule has 1 aliphatic rings. The third kappa shape index (κ3) is 3.80. The van der Waals surface area contributed by atoms with Crippen LogP contribution in [-0.2, 0) is 11.2 Å². The summed E-state index contributed by atoms with van der Waals surface area (Å²) in [6, 6.07) is 3.63. The van der Waals surface area contributed by atoms with Crippen LogP contribution in [0.2, 0.25) is 0 Å². The Morgan fingerprint density at radius 3 is 2.43 bits per heavy atom. The molecule has 118 valence electrons. The van der Waals surface area contributed by atoms with E-state index in [9.17, 15) is 8.78 Å². The van der Waals surface area contributed by atoms with Crippen molar-refractivity contribution in [1.29, 1.82) is 0 Å². The summed E-state index contributed by atoms with van der Waals surface area (Å²) < 4.78 is 33.2. The number of rotatable bonds is 5. The van der Waals surface area contributed by atoms with E-state index in [1.54, 1.807) is 7.11 Å². The van der Waals surface area contributed by atoms with E-state index in [1.807, 2.05) is 7.05 Å². The molecule has 1 unspecified atom stereocenters. The van der Waals surface area contributed by atoms with Crippen molar-refractivity contribution in [3.63, 3.8) is 0 Å². The second-order valence-corrected chi connectivity index (χ2v) is 5.96. The van der Waals surface area contributed by atoms with Gasteiger partial charge in [-0.25, -0.2) is 8.78 Å². The number of hydrogen-bond donors (Lipinski definition) is 1. The zero-order valence-electron chi connectivity index (χ0n) is 12.9. The van der Waals surface area contributed by atoms with Crippen LogP contribution in [0.4, 0.5) is 8.78 Å². The minimum absolute atomic E-state index is 0.0168. The summed E-state index contributed by atoms with van der Waals surface area (Å²) in [6.07, 6.45) is 7.05. The third-order valence-corrected chi connectivity index (χ3v) is 4.77. The van der Waals surface area contributed by atoms with E-state index >= 15 is 0 Å². The van der Waals surface area contributed by atoms with Crippen LogP contribution in [0.25, 0.3) is 0 Å². The Morgan fingerprint density at radius 1 is 1.19 bits per heavy atom. The lowest BCUT2D eigenvalue weighted by molar-refractivity contribution is -0.0510. The van der Waals surface area contributed by atoms with Gasteiger partial charge in [-0.2, -0.15) is 0 Å². The van der Waals surface area contributed by atoms with Crippen LogP contribution in [0, 0.1) is 11.6 Å². The van der Waals surface area contributed by atoms with Crippen LogP contribution in [0.5, 0.6) is 0 Å². The Bertz CT molecular complexity index is 456. The Morgan fingerprint density at radius 2 is 1.86 bits per heavy atom. The molecule has 0 saturated heterocycles. The molecule has 1 saturated carbocycles. The van der Waals surface area contributed by atoms with Gasteiger partial charge in [-0.15, -0.1) is 0 Å². The van der Waals surface area contributed by atoms with Gasteiger partial charge in [-0.3, -0.25) is 0 Å². The summed E-state index contributed by atoms with van der Waals surface area (Å²) in [6.45, 7) is 0. The van der Waals surface area contributed by atoms with E-state index in [2.05, 4.69) is 5.32 Å². The predicted octanol–water partition coefficient (Wildman–Crippen LogP) is 3.83. The smallest absolute Gasteiger partial charge is 0.126 e. The van der Waals surface area contributed by atoms with E-state index < -0.39 is 5.82 Å². The van der Waals surface area contributed by atoms with E-state index in [0.717, 1.165) is 31.7 Å². The van der Waals surface area contributed by atoms with Crippen molar-refractivity contribution in [1.82, 2.24) is 5.32 Å². The van der Waals surface area contributed by atoms with Gasteiger partial charge in [0.2, 0.25) is 0 Å². The lowest BCUT2D eigenvalue weighted by atomic mass is 9.82. The third-order valence-electron chi connectivity index (χ3n) is 4.77.